The molecule has 0 bridgehead atoms. The van der Waals surface area contributed by atoms with E-state index < -0.39 is 0 Å². The maximum Gasteiger partial charge on any atom is 0.111 e. The van der Waals surface area contributed by atoms with Gasteiger partial charge in [-0.25, -0.2) is 5.06 Å². The molecular weight excluding hydrogens is 130 g/mol. The van der Waals surface area contributed by atoms with E-state index in [-0.39, 0.29) is 0 Å². The van der Waals surface area contributed by atoms with Gasteiger partial charge in [-0.15, -0.1) is 10.1 Å². The second-order valence-corrected chi connectivity index (χ2v) is 2.08. The summed E-state index contributed by atoms with van der Waals surface area (Å²) in [4.78, 5) is 5.09. The van der Waals surface area contributed by atoms with Gasteiger partial charge in [-0.3, -0.25) is 0 Å². The van der Waals surface area contributed by atoms with Crippen LogP contribution in [0.3, 0.4) is 0 Å². The number of hydrazone groups is 1. The number of rotatable bonds is 0. The Hall–Kier alpha value is -1.29. The Labute approximate surface area is 58.6 Å². The van der Waals surface area contributed by atoms with Crippen molar-refractivity contribution in [2.45, 2.75) is 0 Å². The quantitative estimate of drug-likeness (QED) is 0.486. The van der Waals surface area contributed by atoms with Crippen molar-refractivity contribution >= 4 is 6.21 Å². The van der Waals surface area contributed by atoms with Gasteiger partial charge in [0.25, 0.3) is 0 Å². The molecule has 2 aliphatic rings. The summed E-state index contributed by atoms with van der Waals surface area (Å²) in [5, 5.41) is 6.99. The zero-order valence-electron chi connectivity index (χ0n) is 5.56. The van der Waals surface area contributed by atoms with E-state index in [1.807, 2.05) is 25.4 Å². The molecule has 2 rings (SSSR count). The van der Waals surface area contributed by atoms with Crippen LogP contribution in [0.2, 0.25) is 0 Å². The standard InChI is InChI=1S/C6H7N3O/c1-8-5-6-3-2-4-7-9(6)10-8/h2-5H,1H3. The van der Waals surface area contributed by atoms with Crippen LogP contribution in [0.4, 0.5) is 0 Å². The van der Waals surface area contributed by atoms with Gasteiger partial charge in [-0.1, -0.05) is 0 Å². The van der Waals surface area contributed by atoms with Crippen LogP contribution in [0.15, 0.2) is 29.2 Å². The zero-order valence-corrected chi connectivity index (χ0v) is 5.56. The Morgan fingerprint density at radius 3 is 3.30 bits per heavy atom. The minimum absolute atomic E-state index is 0.949. The van der Waals surface area contributed by atoms with Gasteiger partial charge >= 0.3 is 0 Å². The lowest BCUT2D eigenvalue weighted by Gasteiger charge is -2.13. The average Bonchev–Trinajstić information content (AvgIpc) is 2.27. The molecule has 0 fully saturated rings. The third kappa shape index (κ3) is 0.698. The summed E-state index contributed by atoms with van der Waals surface area (Å²) >= 11 is 0. The molecule has 0 unspecified atom stereocenters. The number of allylic oxidation sites excluding steroid dienone is 2. The minimum atomic E-state index is 0.949. The topological polar surface area (TPSA) is 28.1 Å². The smallest absolute Gasteiger partial charge is 0.111 e. The van der Waals surface area contributed by atoms with Crippen molar-refractivity contribution in [2.75, 3.05) is 7.05 Å². The van der Waals surface area contributed by atoms with E-state index in [0.717, 1.165) is 5.70 Å². The summed E-state index contributed by atoms with van der Waals surface area (Å²) in [7, 11) is 1.81. The Morgan fingerprint density at radius 2 is 2.50 bits per heavy atom. The van der Waals surface area contributed by atoms with Crippen molar-refractivity contribution in [1.29, 1.82) is 0 Å². The van der Waals surface area contributed by atoms with Crippen LogP contribution in [0.25, 0.3) is 0 Å². The van der Waals surface area contributed by atoms with Gasteiger partial charge in [-0.05, 0) is 12.2 Å². The molecule has 2 aliphatic heterocycles. The molecular formula is C6H7N3O. The lowest BCUT2D eigenvalue weighted by molar-refractivity contribution is -0.250. The summed E-state index contributed by atoms with van der Waals surface area (Å²) in [6.45, 7) is 0. The summed E-state index contributed by atoms with van der Waals surface area (Å²) in [5.74, 6) is 0. The van der Waals surface area contributed by atoms with E-state index >= 15 is 0 Å². The van der Waals surface area contributed by atoms with E-state index in [0.29, 0.717) is 0 Å². The molecule has 0 atom stereocenters. The lowest BCUT2D eigenvalue weighted by Crippen LogP contribution is -2.17. The molecule has 0 amide bonds. The molecule has 0 radical (unpaired) electrons. The van der Waals surface area contributed by atoms with Gasteiger partial charge in [0.15, 0.2) is 0 Å². The second kappa shape index (κ2) is 1.85. The molecule has 4 nitrogen and oxygen atoms in total. The maximum absolute atomic E-state index is 5.09. The molecule has 0 saturated carbocycles. The van der Waals surface area contributed by atoms with Crippen molar-refractivity contribution in [3.05, 3.63) is 24.0 Å². The van der Waals surface area contributed by atoms with Gasteiger partial charge in [-0.2, -0.15) is 5.10 Å². The summed E-state index contributed by atoms with van der Waals surface area (Å²) in [6, 6.07) is 0. The van der Waals surface area contributed by atoms with E-state index in [2.05, 4.69) is 5.10 Å². The van der Waals surface area contributed by atoms with E-state index in [4.69, 9.17) is 4.94 Å². The van der Waals surface area contributed by atoms with Crippen LogP contribution in [-0.4, -0.2) is 23.5 Å². The third-order valence-electron chi connectivity index (χ3n) is 1.27. The minimum Gasteiger partial charge on any atom is -0.235 e. The first-order valence-corrected chi connectivity index (χ1v) is 3.00. The van der Waals surface area contributed by atoms with Crippen LogP contribution in [0.1, 0.15) is 0 Å². The first-order chi connectivity index (χ1) is 4.86. The SMILES string of the molecule is CN1C=C2C=CC=NN2O1. The Bertz CT molecular complexity index is 231. The Morgan fingerprint density at radius 1 is 1.60 bits per heavy atom. The third-order valence-corrected chi connectivity index (χ3v) is 1.27. The fraction of sp³-hybridized carbons (Fsp3) is 0.167. The van der Waals surface area contributed by atoms with Crippen LogP contribution in [-0.2, 0) is 4.94 Å². The van der Waals surface area contributed by atoms with E-state index in [9.17, 15) is 0 Å². The van der Waals surface area contributed by atoms with Crippen molar-refractivity contribution < 1.29 is 4.94 Å². The molecule has 2 heterocycles. The number of fused-ring (bicyclic) bond motifs is 1. The van der Waals surface area contributed by atoms with Crippen LogP contribution in [0, 0.1) is 0 Å². The number of nitrogens with zero attached hydrogens (tertiary/aromatic N) is 3. The molecule has 52 valence electrons. The van der Waals surface area contributed by atoms with E-state index in [1.165, 1.54) is 5.17 Å². The average molecular weight is 137 g/mol. The van der Waals surface area contributed by atoms with Crippen molar-refractivity contribution in [2.24, 2.45) is 5.10 Å². The molecule has 0 spiro atoms. The van der Waals surface area contributed by atoms with Crippen LogP contribution >= 0.6 is 0 Å². The highest BCUT2D eigenvalue weighted by molar-refractivity contribution is 5.72. The molecule has 0 aliphatic carbocycles. The van der Waals surface area contributed by atoms with Crippen molar-refractivity contribution in [1.82, 2.24) is 10.2 Å². The summed E-state index contributed by atoms with van der Waals surface area (Å²) in [6.07, 6.45) is 7.32. The predicted octanol–water partition coefficient (Wildman–Crippen LogP) is 0.477. The van der Waals surface area contributed by atoms with Gasteiger partial charge in [0.05, 0.1) is 12.4 Å². The summed E-state index contributed by atoms with van der Waals surface area (Å²) < 4.78 is 0. The Balaban J connectivity index is 2.29. The lowest BCUT2D eigenvalue weighted by atomic mass is 10.4. The monoisotopic (exact) mass is 137 g/mol. The van der Waals surface area contributed by atoms with Gasteiger partial charge < -0.3 is 0 Å². The first-order valence-electron chi connectivity index (χ1n) is 3.00. The molecule has 0 N–H and O–H groups in total. The fourth-order valence-electron chi connectivity index (χ4n) is 0.864. The molecule has 0 saturated heterocycles. The van der Waals surface area contributed by atoms with Gasteiger partial charge in [0.1, 0.15) is 5.70 Å². The van der Waals surface area contributed by atoms with Crippen LogP contribution in [0.5, 0.6) is 0 Å². The number of hydrogen-bond acceptors (Lipinski definition) is 4. The highest BCUT2D eigenvalue weighted by Gasteiger charge is 2.17. The highest BCUT2D eigenvalue weighted by atomic mass is 16.9. The number of hydrogen-bond donors (Lipinski definition) is 0. The predicted molar refractivity (Wildman–Crippen MR) is 36.4 cm³/mol. The fourth-order valence-corrected chi connectivity index (χ4v) is 0.864. The Kier molecular flexibility index (Phi) is 1.01. The highest BCUT2D eigenvalue weighted by Crippen LogP contribution is 2.18. The molecule has 4 heteroatoms. The number of hydroxylamine groups is 3. The molecule has 0 aromatic carbocycles. The van der Waals surface area contributed by atoms with Gasteiger partial charge in [0, 0.05) is 7.05 Å². The molecule has 0 aromatic rings. The molecule has 0 aromatic heterocycles. The molecule has 10 heavy (non-hydrogen) atoms. The second-order valence-electron chi connectivity index (χ2n) is 2.08. The maximum atomic E-state index is 5.09. The van der Waals surface area contributed by atoms with Crippen molar-refractivity contribution in [3.8, 4) is 0 Å². The summed E-state index contributed by atoms with van der Waals surface area (Å²) in [5.41, 5.74) is 0.949. The normalized spacial score (nSPS) is 21.5. The first kappa shape index (κ1) is 5.49. The zero-order chi connectivity index (χ0) is 6.97. The van der Waals surface area contributed by atoms with E-state index in [1.54, 1.807) is 11.3 Å². The van der Waals surface area contributed by atoms with Gasteiger partial charge in [0.2, 0.25) is 0 Å². The largest absolute Gasteiger partial charge is 0.235 e. The van der Waals surface area contributed by atoms with Crippen LogP contribution < -0.4 is 0 Å². The van der Waals surface area contributed by atoms with Crippen molar-refractivity contribution in [3.63, 3.8) is 0 Å².